The van der Waals surface area contributed by atoms with E-state index >= 15 is 0 Å². The smallest absolute Gasteiger partial charge is 0.216 e. The highest BCUT2D eigenvalue weighted by molar-refractivity contribution is 5.83. The number of ether oxygens (including phenoxy) is 1. The second kappa shape index (κ2) is 8.74. The molecule has 0 spiro atoms. The molecule has 33 heavy (non-hydrogen) atoms. The molecule has 4 rings (SSSR count). The van der Waals surface area contributed by atoms with E-state index in [0.717, 1.165) is 28.3 Å². The van der Waals surface area contributed by atoms with Crippen molar-refractivity contribution in [3.63, 3.8) is 0 Å². The quantitative estimate of drug-likeness (QED) is 0.528. The Kier molecular flexibility index (Phi) is 5.99. The number of hydrogen-bond acceptors (Lipinski definition) is 6. The molecule has 0 saturated heterocycles. The van der Waals surface area contributed by atoms with Crippen molar-refractivity contribution in [3.8, 4) is 11.3 Å². The van der Waals surface area contributed by atoms with Crippen LogP contribution in [0.5, 0.6) is 0 Å². The molecule has 9 heteroatoms. The number of hydrogen-bond donors (Lipinski definition) is 1. The summed E-state index contributed by atoms with van der Waals surface area (Å²) in [6, 6.07) is 8.48. The first kappa shape index (κ1) is 22.6. The molecule has 1 N–H and O–H groups in total. The van der Waals surface area contributed by atoms with Crippen LogP contribution in [0, 0.1) is 12.7 Å². The van der Waals surface area contributed by atoms with E-state index in [0.29, 0.717) is 5.69 Å². The fourth-order valence-corrected chi connectivity index (χ4v) is 4.12. The van der Waals surface area contributed by atoms with Crippen LogP contribution in [0.15, 0.2) is 60.6 Å². The van der Waals surface area contributed by atoms with Gasteiger partial charge in [-0.05, 0) is 44.2 Å². The zero-order valence-electron chi connectivity index (χ0n) is 19.2. The number of aryl methyl sites for hydroxylation is 2. The maximum Gasteiger partial charge on any atom is 0.216 e. The Balaban J connectivity index is 1.88. The Morgan fingerprint density at radius 2 is 2.06 bits per heavy atom. The van der Waals surface area contributed by atoms with Crippen LogP contribution in [0.2, 0.25) is 0 Å². The summed E-state index contributed by atoms with van der Waals surface area (Å²) in [6.45, 7) is 5.17. The summed E-state index contributed by atoms with van der Waals surface area (Å²) in [6.07, 6.45) is 5.97. The van der Waals surface area contributed by atoms with Gasteiger partial charge in [0, 0.05) is 26.6 Å². The number of benzene rings is 1. The standard InChI is InChI=1S/C24H26F2N6O/c1-15(25)7-6-8-21(19-12-10-18(26)14-27-19)32-22-13-17(23-16(2)29-30-31(23)4)9-11-20(22)28-24(32,3)33-5/h6-14,21,28H,1-5H3/b8-6+,15-7+. The van der Waals surface area contributed by atoms with E-state index in [1.165, 1.54) is 25.3 Å². The van der Waals surface area contributed by atoms with Crippen molar-refractivity contribution in [2.24, 2.45) is 7.05 Å². The van der Waals surface area contributed by atoms with E-state index < -0.39 is 17.7 Å². The number of halogens is 2. The van der Waals surface area contributed by atoms with Crippen LogP contribution in [-0.4, -0.2) is 32.9 Å². The average Bonchev–Trinajstić information content (AvgIpc) is 3.27. The van der Waals surface area contributed by atoms with Gasteiger partial charge in [0.1, 0.15) is 5.82 Å². The highest BCUT2D eigenvalue weighted by Crippen LogP contribution is 2.47. The number of rotatable bonds is 6. The van der Waals surface area contributed by atoms with Gasteiger partial charge in [-0.15, -0.1) is 5.10 Å². The van der Waals surface area contributed by atoms with Crippen molar-refractivity contribution in [1.82, 2.24) is 20.0 Å². The lowest BCUT2D eigenvalue weighted by molar-refractivity contribution is 0.0288. The predicted molar refractivity (Wildman–Crippen MR) is 124 cm³/mol. The molecule has 1 aliphatic rings. The van der Waals surface area contributed by atoms with E-state index in [2.05, 4.69) is 20.6 Å². The van der Waals surface area contributed by atoms with Crippen LogP contribution >= 0.6 is 0 Å². The van der Waals surface area contributed by atoms with E-state index in [-0.39, 0.29) is 5.83 Å². The molecule has 0 saturated carbocycles. The molecular weight excluding hydrogens is 426 g/mol. The molecule has 2 unspecified atom stereocenters. The SMILES string of the molecule is COC1(C)Nc2ccc(-c3c(C)nnn3C)cc2N1C(/C=C/C=C(\C)F)c1ccc(F)cn1. The molecular formula is C24H26F2N6O. The number of methoxy groups -OCH3 is 1. The van der Waals surface area contributed by atoms with E-state index in [4.69, 9.17) is 4.74 Å². The van der Waals surface area contributed by atoms with Gasteiger partial charge in [0.05, 0.1) is 46.5 Å². The van der Waals surface area contributed by atoms with Crippen molar-refractivity contribution >= 4 is 11.4 Å². The Hall–Kier alpha value is -3.59. The van der Waals surface area contributed by atoms with Crippen molar-refractivity contribution in [2.75, 3.05) is 17.3 Å². The first-order valence-corrected chi connectivity index (χ1v) is 10.5. The Bertz CT molecular complexity index is 1200. The number of anilines is 2. The lowest BCUT2D eigenvalue weighted by Crippen LogP contribution is -2.51. The van der Waals surface area contributed by atoms with Crippen LogP contribution < -0.4 is 10.2 Å². The molecule has 1 aromatic carbocycles. The number of pyridine rings is 1. The summed E-state index contributed by atoms with van der Waals surface area (Å²) in [4.78, 5) is 6.31. The third-order valence-corrected chi connectivity index (χ3v) is 5.70. The average molecular weight is 453 g/mol. The fraction of sp³-hybridized carbons (Fsp3) is 0.292. The maximum absolute atomic E-state index is 13.6. The van der Waals surface area contributed by atoms with E-state index in [9.17, 15) is 8.78 Å². The van der Waals surface area contributed by atoms with Gasteiger partial charge in [-0.25, -0.2) is 13.5 Å². The third-order valence-electron chi connectivity index (χ3n) is 5.70. The Morgan fingerprint density at radius 1 is 1.27 bits per heavy atom. The minimum absolute atomic E-state index is 0.326. The van der Waals surface area contributed by atoms with E-state index in [1.807, 2.05) is 44.0 Å². The number of nitrogens with zero attached hydrogens (tertiary/aromatic N) is 5. The van der Waals surface area contributed by atoms with Crippen LogP contribution in [0.4, 0.5) is 20.2 Å². The lowest BCUT2D eigenvalue weighted by atomic mass is 10.1. The molecule has 3 heterocycles. The molecule has 7 nitrogen and oxygen atoms in total. The summed E-state index contributed by atoms with van der Waals surface area (Å²) in [5, 5.41) is 11.7. The summed E-state index contributed by atoms with van der Waals surface area (Å²) >= 11 is 0. The number of allylic oxidation sites excluding steroid dienone is 3. The number of nitrogens with one attached hydrogen (secondary N) is 1. The van der Waals surface area contributed by atoms with Crippen LogP contribution in [0.1, 0.15) is 31.3 Å². The molecule has 0 radical (unpaired) electrons. The molecule has 2 atom stereocenters. The highest BCUT2D eigenvalue weighted by atomic mass is 19.1. The zero-order valence-corrected chi connectivity index (χ0v) is 19.2. The van der Waals surface area contributed by atoms with Gasteiger partial charge in [-0.2, -0.15) is 0 Å². The summed E-state index contributed by atoms with van der Waals surface area (Å²) < 4.78 is 34.6. The third kappa shape index (κ3) is 4.23. The lowest BCUT2D eigenvalue weighted by Gasteiger charge is -2.39. The normalized spacial score (nSPS) is 19.1. The van der Waals surface area contributed by atoms with Crippen molar-refractivity contribution in [3.05, 3.63) is 77.8 Å². The minimum Gasteiger partial charge on any atom is -0.342 e. The van der Waals surface area contributed by atoms with Gasteiger partial charge in [0.15, 0.2) is 0 Å². The van der Waals surface area contributed by atoms with Gasteiger partial charge in [0.25, 0.3) is 0 Å². The topological polar surface area (TPSA) is 68.1 Å². The van der Waals surface area contributed by atoms with Gasteiger partial charge in [-0.3, -0.25) is 4.98 Å². The molecule has 0 amide bonds. The van der Waals surface area contributed by atoms with Gasteiger partial charge < -0.3 is 15.0 Å². The summed E-state index contributed by atoms with van der Waals surface area (Å²) in [5.41, 5.74) is 4.92. The van der Waals surface area contributed by atoms with Crippen molar-refractivity contribution in [2.45, 2.75) is 32.7 Å². The molecule has 0 aliphatic carbocycles. The van der Waals surface area contributed by atoms with Crippen LogP contribution in [-0.2, 0) is 11.8 Å². The highest BCUT2D eigenvalue weighted by Gasteiger charge is 2.44. The van der Waals surface area contributed by atoms with Gasteiger partial charge >= 0.3 is 0 Å². The molecule has 0 fully saturated rings. The number of aromatic nitrogens is 4. The molecule has 172 valence electrons. The first-order valence-electron chi connectivity index (χ1n) is 10.5. The molecule has 0 bridgehead atoms. The largest absolute Gasteiger partial charge is 0.342 e. The molecule has 2 aromatic heterocycles. The monoisotopic (exact) mass is 452 g/mol. The van der Waals surface area contributed by atoms with Gasteiger partial charge in [-0.1, -0.05) is 23.4 Å². The van der Waals surface area contributed by atoms with Crippen molar-refractivity contribution in [1.29, 1.82) is 0 Å². The van der Waals surface area contributed by atoms with Gasteiger partial charge in [0.2, 0.25) is 5.85 Å². The second-order valence-corrected chi connectivity index (χ2v) is 8.05. The van der Waals surface area contributed by atoms with Crippen molar-refractivity contribution < 1.29 is 13.5 Å². The summed E-state index contributed by atoms with van der Waals surface area (Å²) in [7, 11) is 3.45. The molecule has 3 aromatic rings. The van der Waals surface area contributed by atoms with Crippen LogP contribution in [0.25, 0.3) is 11.3 Å². The summed E-state index contributed by atoms with van der Waals surface area (Å²) in [5.74, 6) is -1.70. The first-order chi connectivity index (χ1) is 15.7. The zero-order chi connectivity index (χ0) is 23.8. The maximum atomic E-state index is 13.6. The Labute approximate surface area is 191 Å². The van der Waals surface area contributed by atoms with E-state index in [1.54, 1.807) is 30.0 Å². The fourth-order valence-electron chi connectivity index (χ4n) is 4.12. The molecule has 1 aliphatic heterocycles. The predicted octanol–water partition coefficient (Wildman–Crippen LogP) is 5.05. The van der Waals surface area contributed by atoms with Crippen LogP contribution in [0.3, 0.4) is 0 Å². The second-order valence-electron chi connectivity index (χ2n) is 8.05. The number of fused-ring (bicyclic) bond motifs is 1. The minimum atomic E-state index is -0.944. The Morgan fingerprint density at radius 3 is 2.67 bits per heavy atom.